The van der Waals surface area contributed by atoms with Crippen molar-refractivity contribution in [3.05, 3.63) is 24.8 Å². The van der Waals surface area contributed by atoms with Gasteiger partial charge in [0.25, 0.3) is 0 Å². The maximum Gasteiger partial charge on any atom is 0.509 e. The van der Waals surface area contributed by atoms with E-state index in [0.717, 1.165) is 0 Å². The van der Waals surface area contributed by atoms with E-state index in [4.69, 9.17) is 9.47 Å². The van der Waals surface area contributed by atoms with Crippen LogP contribution >= 0.6 is 0 Å². The first-order valence-corrected chi connectivity index (χ1v) is 4.09. The average Bonchev–Trinajstić information content (AvgIpc) is 1.94. The number of allylic oxidation sites excluding steroid dienone is 2. The molecule has 0 rings (SSSR count). The van der Waals surface area contributed by atoms with Crippen molar-refractivity contribution >= 4 is 6.16 Å². The highest BCUT2D eigenvalue weighted by atomic mass is 16.7. The highest BCUT2D eigenvalue weighted by Crippen LogP contribution is 2.07. The monoisotopic (exact) mass is 184 g/mol. The second kappa shape index (κ2) is 5.41. The summed E-state index contributed by atoms with van der Waals surface area (Å²) in [4.78, 5) is 10.9. The molecule has 0 heterocycles. The van der Waals surface area contributed by atoms with Crippen molar-refractivity contribution in [2.75, 3.05) is 6.61 Å². The number of carbonyl (C=O) groups excluding carboxylic acids is 1. The van der Waals surface area contributed by atoms with Crippen molar-refractivity contribution in [3.8, 4) is 0 Å². The Labute approximate surface area is 79.0 Å². The minimum absolute atomic E-state index is 0.209. The van der Waals surface area contributed by atoms with E-state index in [1.807, 2.05) is 0 Å². The van der Waals surface area contributed by atoms with Crippen LogP contribution in [-0.2, 0) is 9.47 Å². The highest BCUT2D eigenvalue weighted by Gasteiger charge is 2.16. The molecule has 0 radical (unpaired) electrons. The Balaban J connectivity index is 3.64. The van der Waals surface area contributed by atoms with Crippen molar-refractivity contribution in [2.45, 2.75) is 26.4 Å². The van der Waals surface area contributed by atoms with Gasteiger partial charge in [-0.25, -0.2) is 4.79 Å². The summed E-state index contributed by atoms with van der Waals surface area (Å²) in [5.41, 5.74) is -0.501. The Hall–Kier alpha value is -1.25. The quantitative estimate of drug-likeness (QED) is 0.499. The van der Waals surface area contributed by atoms with Gasteiger partial charge >= 0.3 is 6.16 Å². The molecule has 0 bridgehead atoms. The summed E-state index contributed by atoms with van der Waals surface area (Å²) in [7, 11) is 0. The van der Waals surface area contributed by atoms with Crippen molar-refractivity contribution in [1.82, 2.24) is 0 Å². The van der Waals surface area contributed by atoms with Crippen molar-refractivity contribution in [3.63, 3.8) is 0 Å². The molecule has 0 unspecified atom stereocenters. The van der Waals surface area contributed by atoms with E-state index in [-0.39, 0.29) is 6.61 Å². The minimum atomic E-state index is -0.652. The fourth-order valence-corrected chi connectivity index (χ4v) is 0.547. The molecule has 0 atom stereocenters. The molecule has 0 saturated carbocycles. The maximum absolute atomic E-state index is 10.9. The summed E-state index contributed by atoms with van der Waals surface area (Å²) in [5.74, 6) is 0. The van der Waals surface area contributed by atoms with Gasteiger partial charge in [-0.2, -0.15) is 0 Å². The molecule has 0 aromatic rings. The van der Waals surface area contributed by atoms with Gasteiger partial charge in [0.05, 0.1) is 0 Å². The number of ether oxygens (including phenoxy) is 2. The molecule has 0 aromatic carbocycles. The summed E-state index contributed by atoms with van der Waals surface area (Å²) in [5, 5.41) is 0. The third kappa shape index (κ3) is 8.66. The average molecular weight is 184 g/mol. The van der Waals surface area contributed by atoms with Crippen LogP contribution in [0.15, 0.2) is 24.8 Å². The van der Waals surface area contributed by atoms with Gasteiger partial charge in [0.2, 0.25) is 0 Å². The number of hydrogen-bond donors (Lipinski definition) is 0. The first-order valence-electron chi connectivity index (χ1n) is 4.09. The first kappa shape index (κ1) is 11.8. The van der Waals surface area contributed by atoms with Crippen LogP contribution in [0.25, 0.3) is 0 Å². The van der Waals surface area contributed by atoms with Gasteiger partial charge < -0.3 is 9.47 Å². The number of hydrogen-bond acceptors (Lipinski definition) is 3. The molecule has 0 spiro atoms. The van der Waals surface area contributed by atoms with E-state index in [2.05, 4.69) is 6.58 Å². The molecule has 13 heavy (non-hydrogen) atoms. The molecule has 0 fully saturated rings. The van der Waals surface area contributed by atoms with Crippen LogP contribution in [0.3, 0.4) is 0 Å². The zero-order valence-electron chi connectivity index (χ0n) is 8.37. The standard InChI is InChI=1S/C10H16O3/c1-5-6-7-8-12-9(11)13-10(2,3)4/h5-7H,1,8H2,2-4H3/b7-6+. The van der Waals surface area contributed by atoms with Gasteiger partial charge in [0, 0.05) is 0 Å². The lowest BCUT2D eigenvalue weighted by Gasteiger charge is -2.18. The summed E-state index contributed by atoms with van der Waals surface area (Å²) in [6.45, 7) is 9.04. The van der Waals surface area contributed by atoms with E-state index < -0.39 is 11.8 Å². The molecular formula is C10H16O3. The van der Waals surface area contributed by atoms with E-state index in [9.17, 15) is 4.79 Å². The molecule has 3 nitrogen and oxygen atoms in total. The topological polar surface area (TPSA) is 35.5 Å². The van der Waals surface area contributed by atoms with Crippen LogP contribution in [0.4, 0.5) is 4.79 Å². The third-order valence-corrected chi connectivity index (χ3v) is 0.959. The van der Waals surface area contributed by atoms with Crippen molar-refractivity contribution in [2.24, 2.45) is 0 Å². The van der Waals surface area contributed by atoms with Gasteiger partial charge in [0.1, 0.15) is 12.2 Å². The summed E-state index contributed by atoms with van der Waals surface area (Å²) >= 11 is 0. The SMILES string of the molecule is C=C/C=C/COC(=O)OC(C)(C)C. The number of carbonyl (C=O) groups is 1. The lowest BCUT2D eigenvalue weighted by molar-refractivity contribution is -0.00241. The summed E-state index contributed by atoms with van der Waals surface area (Å²) in [6, 6.07) is 0. The Bertz CT molecular complexity index is 199. The normalized spacial score (nSPS) is 11.3. The van der Waals surface area contributed by atoms with Gasteiger partial charge in [-0.3, -0.25) is 0 Å². The zero-order valence-corrected chi connectivity index (χ0v) is 8.37. The van der Waals surface area contributed by atoms with Crippen LogP contribution in [-0.4, -0.2) is 18.4 Å². The summed E-state index contributed by atoms with van der Waals surface area (Å²) in [6.07, 6.45) is 4.33. The van der Waals surface area contributed by atoms with Crippen LogP contribution in [0.5, 0.6) is 0 Å². The van der Waals surface area contributed by atoms with E-state index in [1.54, 1.807) is 39.0 Å². The molecule has 3 heteroatoms. The minimum Gasteiger partial charge on any atom is -0.430 e. The Morgan fingerprint density at radius 1 is 1.46 bits per heavy atom. The van der Waals surface area contributed by atoms with Crippen molar-refractivity contribution in [1.29, 1.82) is 0 Å². The van der Waals surface area contributed by atoms with Crippen LogP contribution in [0.1, 0.15) is 20.8 Å². The van der Waals surface area contributed by atoms with Crippen molar-refractivity contribution < 1.29 is 14.3 Å². The molecular weight excluding hydrogens is 168 g/mol. The first-order chi connectivity index (χ1) is 5.95. The molecule has 0 N–H and O–H groups in total. The molecule has 0 amide bonds. The molecule has 0 aliphatic heterocycles. The highest BCUT2D eigenvalue weighted by molar-refractivity contribution is 5.60. The van der Waals surface area contributed by atoms with Gasteiger partial charge in [-0.1, -0.05) is 18.7 Å². The molecule has 74 valence electrons. The van der Waals surface area contributed by atoms with Crippen LogP contribution in [0.2, 0.25) is 0 Å². The second-order valence-corrected chi connectivity index (χ2v) is 3.44. The smallest absolute Gasteiger partial charge is 0.430 e. The number of rotatable bonds is 3. The fraction of sp³-hybridized carbons (Fsp3) is 0.500. The van der Waals surface area contributed by atoms with Gasteiger partial charge in [0.15, 0.2) is 0 Å². The van der Waals surface area contributed by atoms with Crippen LogP contribution < -0.4 is 0 Å². The van der Waals surface area contributed by atoms with Gasteiger partial charge in [-0.05, 0) is 26.8 Å². The predicted octanol–water partition coefficient (Wildman–Crippen LogP) is 2.68. The Morgan fingerprint density at radius 2 is 2.08 bits per heavy atom. The molecule has 0 aromatic heterocycles. The third-order valence-electron chi connectivity index (χ3n) is 0.959. The maximum atomic E-state index is 10.9. The molecule has 0 aliphatic carbocycles. The fourth-order valence-electron chi connectivity index (χ4n) is 0.547. The summed E-state index contributed by atoms with van der Waals surface area (Å²) < 4.78 is 9.62. The lowest BCUT2D eigenvalue weighted by Crippen LogP contribution is -2.24. The molecule has 0 saturated heterocycles. The van der Waals surface area contributed by atoms with E-state index in [0.29, 0.717) is 0 Å². The largest absolute Gasteiger partial charge is 0.509 e. The zero-order chi connectivity index (χ0) is 10.3. The van der Waals surface area contributed by atoms with E-state index >= 15 is 0 Å². The Kier molecular flexibility index (Phi) is 4.89. The second-order valence-electron chi connectivity index (χ2n) is 3.44. The van der Waals surface area contributed by atoms with E-state index in [1.165, 1.54) is 0 Å². The van der Waals surface area contributed by atoms with Crippen LogP contribution in [0, 0.1) is 0 Å². The predicted molar refractivity (Wildman–Crippen MR) is 51.5 cm³/mol. The molecule has 0 aliphatic rings. The van der Waals surface area contributed by atoms with Gasteiger partial charge in [-0.15, -0.1) is 0 Å². The lowest BCUT2D eigenvalue weighted by atomic mass is 10.2. The Morgan fingerprint density at radius 3 is 2.54 bits per heavy atom.